The molecule has 2 rings (SSSR count). The monoisotopic (exact) mass is 258 g/mol. The van der Waals surface area contributed by atoms with Gasteiger partial charge in [0.1, 0.15) is 0 Å². The molecular formula is C12H19ClN2S. The first-order chi connectivity index (χ1) is 7.67. The maximum Gasteiger partial charge on any atom is 0.0621 e. The molecule has 0 bridgehead atoms. The van der Waals surface area contributed by atoms with E-state index in [4.69, 9.17) is 17.4 Å². The fraction of sp³-hybridized carbons (Fsp3) is 0.667. The number of halogens is 1. The summed E-state index contributed by atoms with van der Waals surface area (Å²) in [6.45, 7) is 2.33. The topological polar surface area (TPSA) is 38.0 Å². The van der Waals surface area contributed by atoms with Crippen LogP contribution in [0.2, 0.25) is 5.02 Å². The van der Waals surface area contributed by atoms with E-state index in [0.717, 1.165) is 5.02 Å². The maximum atomic E-state index is 6.21. The lowest BCUT2D eigenvalue weighted by Crippen LogP contribution is -2.40. The van der Waals surface area contributed by atoms with E-state index in [-0.39, 0.29) is 11.5 Å². The van der Waals surface area contributed by atoms with Crippen molar-refractivity contribution >= 4 is 22.9 Å². The summed E-state index contributed by atoms with van der Waals surface area (Å²) in [6.07, 6.45) is 6.42. The Morgan fingerprint density at radius 2 is 2.12 bits per heavy atom. The second-order valence-electron chi connectivity index (χ2n) is 4.95. The summed E-state index contributed by atoms with van der Waals surface area (Å²) in [7, 11) is 0. The second kappa shape index (κ2) is 5.05. The van der Waals surface area contributed by atoms with Crippen LogP contribution in [0.15, 0.2) is 11.4 Å². The van der Waals surface area contributed by atoms with Gasteiger partial charge in [-0.1, -0.05) is 37.8 Å². The standard InChI is InChI=1S/C12H19ClN2S/c1-12(6-3-2-4-7-12)11(15-14)10-9(13)5-8-16-10/h5,8,11,15H,2-4,6-7,14H2,1H3. The van der Waals surface area contributed by atoms with Gasteiger partial charge in [0, 0.05) is 4.88 Å². The van der Waals surface area contributed by atoms with Crippen LogP contribution in [0.25, 0.3) is 0 Å². The molecule has 0 saturated heterocycles. The summed E-state index contributed by atoms with van der Waals surface area (Å²) in [5, 5.41) is 2.88. The average Bonchev–Trinajstić information content (AvgIpc) is 2.67. The minimum Gasteiger partial charge on any atom is -0.271 e. The molecule has 1 aliphatic carbocycles. The molecule has 1 fully saturated rings. The van der Waals surface area contributed by atoms with Crippen molar-refractivity contribution in [2.24, 2.45) is 11.3 Å². The first-order valence-corrected chi connectivity index (χ1v) is 7.12. The Labute approximate surface area is 106 Å². The van der Waals surface area contributed by atoms with E-state index in [0.29, 0.717) is 0 Å². The van der Waals surface area contributed by atoms with Crippen LogP contribution in [0, 0.1) is 5.41 Å². The normalized spacial score (nSPS) is 21.9. The van der Waals surface area contributed by atoms with Gasteiger partial charge in [-0.3, -0.25) is 11.3 Å². The first-order valence-electron chi connectivity index (χ1n) is 5.86. The van der Waals surface area contributed by atoms with Crippen molar-refractivity contribution in [3.05, 3.63) is 21.3 Å². The van der Waals surface area contributed by atoms with E-state index in [1.807, 2.05) is 11.4 Å². The number of nitrogens with two attached hydrogens (primary N) is 1. The molecule has 0 spiro atoms. The second-order valence-corrected chi connectivity index (χ2v) is 6.30. The van der Waals surface area contributed by atoms with Gasteiger partial charge in [-0.05, 0) is 29.7 Å². The third-order valence-electron chi connectivity index (χ3n) is 3.77. The van der Waals surface area contributed by atoms with Crippen LogP contribution >= 0.6 is 22.9 Å². The molecule has 0 amide bonds. The molecule has 0 aromatic carbocycles. The zero-order valence-electron chi connectivity index (χ0n) is 9.63. The van der Waals surface area contributed by atoms with Crippen molar-refractivity contribution in [1.29, 1.82) is 0 Å². The zero-order chi connectivity index (χ0) is 11.6. The van der Waals surface area contributed by atoms with Gasteiger partial charge in [0.25, 0.3) is 0 Å². The highest BCUT2D eigenvalue weighted by molar-refractivity contribution is 7.10. The van der Waals surface area contributed by atoms with E-state index < -0.39 is 0 Å². The van der Waals surface area contributed by atoms with Gasteiger partial charge >= 0.3 is 0 Å². The Kier molecular flexibility index (Phi) is 3.90. The summed E-state index contributed by atoms with van der Waals surface area (Å²) in [5.41, 5.74) is 3.23. The van der Waals surface area contributed by atoms with Gasteiger partial charge in [-0.15, -0.1) is 11.3 Å². The molecule has 90 valence electrons. The molecule has 1 saturated carbocycles. The Hall–Kier alpha value is -0.0900. The lowest BCUT2D eigenvalue weighted by molar-refractivity contribution is 0.147. The van der Waals surface area contributed by atoms with Crippen LogP contribution < -0.4 is 11.3 Å². The quantitative estimate of drug-likeness (QED) is 0.638. The summed E-state index contributed by atoms with van der Waals surface area (Å²) < 4.78 is 0. The van der Waals surface area contributed by atoms with Crippen LogP contribution in [0.3, 0.4) is 0 Å². The molecule has 4 heteroatoms. The van der Waals surface area contributed by atoms with E-state index in [2.05, 4.69) is 12.3 Å². The van der Waals surface area contributed by atoms with Crippen molar-refractivity contribution in [2.45, 2.75) is 45.1 Å². The largest absolute Gasteiger partial charge is 0.271 e. The lowest BCUT2D eigenvalue weighted by atomic mass is 9.70. The highest BCUT2D eigenvalue weighted by atomic mass is 35.5. The summed E-state index contributed by atoms with van der Waals surface area (Å²) >= 11 is 7.91. The molecule has 1 aliphatic rings. The fourth-order valence-electron chi connectivity index (χ4n) is 2.75. The maximum absolute atomic E-state index is 6.21. The van der Waals surface area contributed by atoms with Gasteiger partial charge in [0.05, 0.1) is 11.1 Å². The van der Waals surface area contributed by atoms with Gasteiger partial charge in [-0.2, -0.15) is 0 Å². The van der Waals surface area contributed by atoms with Crippen molar-refractivity contribution in [3.63, 3.8) is 0 Å². The highest BCUT2D eigenvalue weighted by Gasteiger charge is 2.37. The highest BCUT2D eigenvalue weighted by Crippen LogP contribution is 2.47. The van der Waals surface area contributed by atoms with Crippen LogP contribution in [0.4, 0.5) is 0 Å². The molecule has 16 heavy (non-hydrogen) atoms. The van der Waals surface area contributed by atoms with Gasteiger partial charge in [0.15, 0.2) is 0 Å². The summed E-state index contributed by atoms with van der Waals surface area (Å²) in [6, 6.07) is 2.15. The van der Waals surface area contributed by atoms with Gasteiger partial charge in [-0.25, -0.2) is 0 Å². The molecular weight excluding hydrogens is 240 g/mol. The minimum absolute atomic E-state index is 0.195. The predicted octanol–water partition coefficient (Wildman–Crippen LogP) is 3.88. The van der Waals surface area contributed by atoms with Gasteiger partial charge in [0.2, 0.25) is 0 Å². The van der Waals surface area contributed by atoms with E-state index in [1.54, 1.807) is 11.3 Å². The predicted molar refractivity (Wildman–Crippen MR) is 70.6 cm³/mol. The molecule has 1 atom stereocenters. The molecule has 1 heterocycles. The third-order valence-corrected chi connectivity index (χ3v) is 5.19. The molecule has 3 N–H and O–H groups in total. The van der Waals surface area contributed by atoms with E-state index in [9.17, 15) is 0 Å². The van der Waals surface area contributed by atoms with Crippen LogP contribution in [0.1, 0.15) is 49.9 Å². The third kappa shape index (κ3) is 2.28. The smallest absolute Gasteiger partial charge is 0.0621 e. The van der Waals surface area contributed by atoms with Crippen molar-refractivity contribution in [3.8, 4) is 0 Å². The molecule has 2 nitrogen and oxygen atoms in total. The van der Waals surface area contributed by atoms with Crippen LogP contribution in [-0.2, 0) is 0 Å². The Morgan fingerprint density at radius 3 is 2.62 bits per heavy atom. The lowest BCUT2D eigenvalue weighted by Gasteiger charge is -2.40. The van der Waals surface area contributed by atoms with Crippen molar-refractivity contribution in [1.82, 2.24) is 5.43 Å². The van der Waals surface area contributed by atoms with E-state index >= 15 is 0 Å². The van der Waals surface area contributed by atoms with Crippen LogP contribution in [-0.4, -0.2) is 0 Å². The molecule has 0 aliphatic heterocycles. The number of hydrazine groups is 1. The average molecular weight is 259 g/mol. The van der Waals surface area contributed by atoms with Crippen LogP contribution in [0.5, 0.6) is 0 Å². The zero-order valence-corrected chi connectivity index (χ0v) is 11.2. The molecule has 1 aromatic rings. The van der Waals surface area contributed by atoms with Crippen molar-refractivity contribution in [2.75, 3.05) is 0 Å². The Balaban J connectivity index is 2.24. The Morgan fingerprint density at radius 1 is 1.44 bits per heavy atom. The molecule has 1 aromatic heterocycles. The molecule has 1 unspecified atom stereocenters. The number of hydrogen-bond donors (Lipinski definition) is 2. The number of nitrogens with one attached hydrogen (secondary N) is 1. The van der Waals surface area contributed by atoms with Gasteiger partial charge < -0.3 is 0 Å². The van der Waals surface area contributed by atoms with Crippen molar-refractivity contribution < 1.29 is 0 Å². The Bertz CT molecular complexity index is 345. The number of rotatable bonds is 3. The minimum atomic E-state index is 0.195. The fourth-order valence-corrected chi connectivity index (χ4v) is 4.15. The first kappa shape index (κ1) is 12.4. The summed E-state index contributed by atoms with van der Waals surface area (Å²) in [5.74, 6) is 5.75. The number of hydrogen-bond acceptors (Lipinski definition) is 3. The number of thiophene rings is 1. The SMILES string of the molecule is CC1(C(NN)c2sccc2Cl)CCCCC1. The summed E-state index contributed by atoms with van der Waals surface area (Å²) in [4.78, 5) is 1.19. The molecule has 0 radical (unpaired) electrons. The van der Waals surface area contributed by atoms with E-state index in [1.165, 1.54) is 37.0 Å².